The lowest BCUT2D eigenvalue weighted by molar-refractivity contribution is -0.0512. The average molecular weight is 286 g/mol. The summed E-state index contributed by atoms with van der Waals surface area (Å²) in [6, 6.07) is 5.06. The number of nitrogens with two attached hydrogens (primary N) is 1. The molecule has 112 valence electrons. The van der Waals surface area contributed by atoms with Gasteiger partial charge >= 0.3 is 6.61 Å². The van der Waals surface area contributed by atoms with Crippen LogP contribution in [-0.4, -0.2) is 38.3 Å². The molecule has 0 aromatic heterocycles. The first-order valence-corrected chi connectivity index (χ1v) is 6.66. The number of ether oxygens (including phenoxy) is 2. The van der Waals surface area contributed by atoms with Crippen molar-refractivity contribution >= 4 is 0 Å². The molecule has 2 N–H and O–H groups in total. The normalized spacial score (nSPS) is 19.6. The van der Waals surface area contributed by atoms with E-state index in [2.05, 4.69) is 9.64 Å². The van der Waals surface area contributed by atoms with Gasteiger partial charge < -0.3 is 15.2 Å². The molecule has 1 fully saturated rings. The minimum atomic E-state index is -2.85. The van der Waals surface area contributed by atoms with Crippen molar-refractivity contribution in [3.05, 3.63) is 23.8 Å². The zero-order valence-electron chi connectivity index (χ0n) is 11.5. The molecule has 4 nitrogen and oxygen atoms in total. The summed E-state index contributed by atoms with van der Waals surface area (Å²) < 4.78 is 34.0. The molecular weight excluding hydrogens is 266 g/mol. The molecule has 0 bridgehead atoms. The fourth-order valence-corrected chi connectivity index (χ4v) is 2.51. The van der Waals surface area contributed by atoms with Gasteiger partial charge in [-0.1, -0.05) is 6.07 Å². The lowest BCUT2D eigenvalue weighted by Gasteiger charge is -2.17. The topological polar surface area (TPSA) is 47.7 Å². The Morgan fingerprint density at radius 3 is 2.80 bits per heavy atom. The Morgan fingerprint density at radius 2 is 2.20 bits per heavy atom. The van der Waals surface area contributed by atoms with Gasteiger partial charge in [-0.2, -0.15) is 8.78 Å². The summed E-state index contributed by atoms with van der Waals surface area (Å²) in [5, 5.41) is 0. The highest BCUT2D eigenvalue weighted by molar-refractivity contribution is 5.43. The van der Waals surface area contributed by atoms with Crippen molar-refractivity contribution in [2.75, 3.05) is 26.7 Å². The quantitative estimate of drug-likeness (QED) is 0.870. The highest BCUT2D eigenvalue weighted by Crippen LogP contribution is 2.30. The fraction of sp³-hybridized carbons (Fsp3) is 0.571. The molecule has 1 aliphatic heterocycles. The molecule has 2 rings (SSSR count). The number of benzene rings is 1. The third kappa shape index (κ3) is 3.80. The van der Waals surface area contributed by atoms with Gasteiger partial charge in [-0.05, 0) is 43.1 Å². The van der Waals surface area contributed by atoms with Crippen LogP contribution in [0.25, 0.3) is 0 Å². The van der Waals surface area contributed by atoms with Crippen LogP contribution in [0, 0.1) is 5.92 Å². The predicted octanol–water partition coefficient (Wildman–Crippen LogP) is 2.08. The standard InChI is InChI=1S/C14H20F2N2O2/c1-19-13-6-10(2-3-12(13)20-14(15)16)8-18-5-4-11(7-17)9-18/h2-3,6,11,14H,4-5,7-9,17H2,1H3. The summed E-state index contributed by atoms with van der Waals surface area (Å²) >= 11 is 0. The van der Waals surface area contributed by atoms with Gasteiger partial charge in [0.1, 0.15) is 0 Å². The first-order valence-electron chi connectivity index (χ1n) is 6.66. The van der Waals surface area contributed by atoms with Gasteiger partial charge in [-0.15, -0.1) is 0 Å². The third-order valence-corrected chi connectivity index (χ3v) is 3.55. The number of nitrogens with zero attached hydrogens (tertiary/aromatic N) is 1. The number of hydrogen-bond acceptors (Lipinski definition) is 4. The molecule has 0 amide bonds. The smallest absolute Gasteiger partial charge is 0.387 e. The molecular formula is C14H20F2N2O2. The van der Waals surface area contributed by atoms with Crippen molar-refractivity contribution < 1.29 is 18.3 Å². The van der Waals surface area contributed by atoms with Crippen LogP contribution in [0.3, 0.4) is 0 Å². The van der Waals surface area contributed by atoms with Crippen LogP contribution in [0.1, 0.15) is 12.0 Å². The Bertz CT molecular complexity index is 443. The lowest BCUT2D eigenvalue weighted by atomic mass is 10.1. The maximum Gasteiger partial charge on any atom is 0.387 e. The zero-order chi connectivity index (χ0) is 14.5. The summed E-state index contributed by atoms with van der Waals surface area (Å²) in [5.41, 5.74) is 6.68. The number of likely N-dealkylation sites (tertiary alicyclic amines) is 1. The molecule has 0 saturated carbocycles. The summed E-state index contributed by atoms with van der Waals surface area (Å²) in [4.78, 5) is 2.31. The van der Waals surface area contributed by atoms with Gasteiger partial charge in [0, 0.05) is 13.1 Å². The molecule has 1 saturated heterocycles. The highest BCUT2D eigenvalue weighted by Gasteiger charge is 2.21. The van der Waals surface area contributed by atoms with Gasteiger partial charge in [0.15, 0.2) is 11.5 Å². The SMILES string of the molecule is COc1cc(CN2CCC(CN)C2)ccc1OC(F)F. The summed E-state index contributed by atoms with van der Waals surface area (Å²) in [6.45, 7) is 0.620. The van der Waals surface area contributed by atoms with E-state index in [1.165, 1.54) is 13.2 Å². The van der Waals surface area contributed by atoms with Crippen molar-refractivity contribution in [3.8, 4) is 11.5 Å². The molecule has 6 heteroatoms. The van der Waals surface area contributed by atoms with Crippen LogP contribution >= 0.6 is 0 Å². The number of methoxy groups -OCH3 is 1. The van der Waals surface area contributed by atoms with Gasteiger partial charge in [0.25, 0.3) is 0 Å². The van der Waals surface area contributed by atoms with Gasteiger partial charge in [0.2, 0.25) is 0 Å². The largest absolute Gasteiger partial charge is 0.493 e. The van der Waals surface area contributed by atoms with Crippen LogP contribution in [0.15, 0.2) is 18.2 Å². The Morgan fingerprint density at radius 1 is 1.40 bits per heavy atom. The zero-order valence-corrected chi connectivity index (χ0v) is 11.5. The third-order valence-electron chi connectivity index (χ3n) is 3.55. The Hall–Kier alpha value is -1.40. The second-order valence-electron chi connectivity index (χ2n) is 4.99. The van der Waals surface area contributed by atoms with Gasteiger partial charge in [-0.3, -0.25) is 4.90 Å². The van der Waals surface area contributed by atoms with Crippen LogP contribution in [0.5, 0.6) is 11.5 Å². The van der Waals surface area contributed by atoms with Crippen LogP contribution in [0.4, 0.5) is 8.78 Å². The maximum atomic E-state index is 12.2. The maximum absolute atomic E-state index is 12.2. The average Bonchev–Trinajstić information content (AvgIpc) is 2.87. The van der Waals surface area contributed by atoms with Crippen molar-refractivity contribution in [2.24, 2.45) is 11.7 Å². The molecule has 0 spiro atoms. The lowest BCUT2D eigenvalue weighted by Crippen LogP contribution is -2.22. The Balaban J connectivity index is 2.02. The minimum absolute atomic E-state index is 0.0625. The van der Waals surface area contributed by atoms with Crippen molar-refractivity contribution in [3.63, 3.8) is 0 Å². The molecule has 1 aromatic carbocycles. The first kappa shape index (κ1) is 15.0. The summed E-state index contributed by atoms with van der Waals surface area (Å²) in [5.74, 6) is 0.947. The number of alkyl halides is 2. The number of hydrogen-bond donors (Lipinski definition) is 1. The van der Waals surface area contributed by atoms with E-state index in [9.17, 15) is 8.78 Å². The second kappa shape index (κ2) is 6.85. The summed E-state index contributed by atoms with van der Waals surface area (Å²) in [6.07, 6.45) is 1.11. The summed E-state index contributed by atoms with van der Waals surface area (Å²) in [7, 11) is 1.44. The second-order valence-corrected chi connectivity index (χ2v) is 4.99. The first-order chi connectivity index (χ1) is 9.62. The molecule has 1 atom stereocenters. The molecule has 1 heterocycles. The van der Waals surface area contributed by atoms with Crippen molar-refractivity contribution in [2.45, 2.75) is 19.6 Å². The number of rotatable bonds is 6. The molecule has 1 aromatic rings. The van der Waals surface area contributed by atoms with E-state index < -0.39 is 6.61 Å². The van der Waals surface area contributed by atoms with E-state index >= 15 is 0 Å². The molecule has 1 unspecified atom stereocenters. The predicted molar refractivity (Wildman–Crippen MR) is 72.1 cm³/mol. The molecule has 0 radical (unpaired) electrons. The Kier molecular flexibility index (Phi) is 5.14. The minimum Gasteiger partial charge on any atom is -0.493 e. The molecule has 1 aliphatic rings. The highest BCUT2D eigenvalue weighted by atomic mass is 19.3. The fourth-order valence-electron chi connectivity index (χ4n) is 2.51. The van der Waals surface area contributed by atoms with Crippen LogP contribution in [0.2, 0.25) is 0 Å². The van der Waals surface area contributed by atoms with Crippen LogP contribution < -0.4 is 15.2 Å². The van der Waals surface area contributed by atoms with Gasteiger partial charge in [-0.25, -0.2) is 0 Å². The molecule has 20 heavy (non-hydrogen) atoms. The van der Waals surface area contributed by atoms with E-state index in [1.54, 1.807) is 12.1 Å². The van der Waals surface area contributed by atoms with Crippen molar-refractivity contribution in [1.29, 1.82) is 0 Å². The van der Waals surface area contributed by atoms with Gasteiger partial charge in [0.05, 0.1) is 7.11 Å². The number of halogens is 2. The van der Waals surface area contributed by atoms with E-state index in [0.29, 0.717) is 18.2 Å². The molecule has 0 aliphatic carbocycles. The van der Waals surface area contributed by atoms with E-state index in [4.69, 9.17) is 10.5 Å². The monoisotopic (exact) mass is 286 g/mol. The van der Waals surface area contributed by atoms with E-state index in [0.717, 1.165) is 31.6 Å². The van der Waals surface area contributed by atoms with E-state index in [-0.39, 0.29) is 5.75 Å². The Labute approximate surface area is 117 Å². The van der Waals surface area contributed by atoms with Crippen molar-refractivity contribution in [1.82, 2.24) is 4.90 Å². The van der Waals surface area contributed by atoms with E-state index in [1.807, 2.05) is 0 Å². The van der Waals surface area contributed by atoms with Crippen LogP contribution in [-0.2, 0) is 6.54 Å².